The van der Waals surface area contributed by atoms with Gasteiger partial charge in [0, 0.05) is 32.8 Å². The van der Waals surface area contributed by atoms with E-state index in [1.165, 1.54) is 23.9 Å². The molecule has 4 rings (SSSR count). The zero-order valence-corrected chi connectivity index (χ0v) is 20.1. The van der Waals surface area contributed by atoms with Gasteiger partial charge in [0.25, 0.3) is 5.78 Å². The van der Waals surface area contributed by atoms with E-state index in [-0.39, 0.29) is 23.6 Å². The molecule has 0 aliphatic carbocycles. The van der Waals surface area contributed by atoms with E-state index in [4.69, 9.17) is 4.74 Å². The summed E-state index contributed by atoms with van der Waals surface area (Å²) < 4.78 is 21.2. The fraction of sp³-hybridized carbons (Fsp3) is 0.500. The number of carbonyl (C=O) groups excluding carboxylic acids is 1. The van der Waals surface area contributed by atoms with Crippen LogP contribution in [0.1, 0.15) is 32.3 Å². The Morgan fingerprint density at radius 1 is 1.26 bits per heavy atom. The first-order chi connectivity index (χ1) is 16.6. The number of hydrogen-bond donors (Lipinski definition) is 2. The molecule has 0 radical (unpaired) electrons. The number of amides is 1. The predicted octanol–water partition coefficient (Wildman–Crippen LogP) is 2.82. The highest BCUT2D eigenvalue weighted by Crippen LogP contribution is 2.23. The normalized spacial score (nSPS) is 15.6. The molecule has 2 aromatic heterocycles. The standard InChI is InChI=1S/C22H29FN8O2S/c1-3-24-19-26-20(25-4-2)31-21(27-19)28-29-22(31)34-14-18(32)30(13-17-9-6-10-33-17)12-15-7-5-8-16(23)11-15/h5,7-8,11,17H,3-4,6,9-10,12-14H2,1-2H3,(H2,24,25,26,27,28). The maximum Gasteiger partial charge on any atom is 0.261 e. The Labute approximate surface area is 201 Å². The largest absolute Gasteiger partial charge is 0.376 e. The molecule has 0 spiro atoms. The predicted molar refractivity (Wildman–Crippen MR) is 128 cm³/mol. The number of benzene rings is 1. The van der Waals surface area contributed by atoms with Crippen LogP contribution in [-0.4, -0.2) is 73.5 Å². The summed E-state index contributed by atoms with van der Waals surface area (Å²) in [5.41, 5.74) is 0.739. The van der Waals surface area contributed by atoms with Crippen LogP contribution in [0.4, 0.5) is 16.3 Å². The number of halogens is 1. The number of ether oxygens (including phenoxy) is 1. The van der Waals surface area contributed by atoms with Gasteiger partial charge in [-0.05, 0) is 44.4 Å². The van der Waals surface area contributed by atoms with Gasteiger partial charge in [0.2, 0.25) is 17.8 Å². The summed E-state index contributed by atoms with van der Waals surface area (Å²) in [7, 11) is 0. The zero-order chi connectivity index (χ0) is 23.9. The highest BCUT2D eigenvalue weighted by Gasteiger charge is 2.24. The number of nitrogens with zero attached hydrogens (tertiary/aromatic N) is 6. The van der Waals surface area contributed by atoms with Crippen molar-refractivity contribution in [1.82, 2.24) is 29.5 Å². The Kier molecular flexibility index (Phi) is 8.12. The molecule has 182 valence electrons. The fourth-order valence-electron chi connectivity index (χ4n) is 3.76. The average molecular weight is 489 g/mol. The molecule has 1 fully saturated rings. The number of anilines is 2. The Balaban J connectivity index is 1.51. The molecule has 34 heavy (non-hydrogen) atoms. The SMILES string of the molecule is CCNc1nc(NCC)n2c(SCC(=O)N(Cc3cccc(F)c3)CC3CCCO3)nnc2n1. The summed E-state index contributed by atoms with van der Waals surface area (Å²) in [4.78, 5) is 23.9. The first-order valence-corrected chi connectivity index (χ1v) is 12.4. The smallest absolute Gasteiger partial charge is 0.261 e. The van der Waals surface area contributed by atoms with Gasteiger partial charge in [0.15, 0.2) is 5.16 Å². The minimum Gasteiger partial charge on any atom is -0.376 e. The van der Waals surface area contributed by atoms with Gasteiger partial charge in [0.05, 0.1) is 11.9 Å². The van der Waals surface area contributed by atoms with Crippen molar-refractivity contribution in [3.63, 3.8) is 0 Å². The van der Waals surface area contributed by atoms with E-state index in [1.807, 2.05) is 19.9 Å². The van der Waals surface area contributed by atoms with Crippen LogP contribution in [0.25, 0.3) is 5.78 Å². The number of hydrogen-bond acceptors (Lipinski definition) is 9. The molecule has 3 aromatic rings. The molecule has 12 heteroatoms. The van der Waals surface area contributed by atoms with Crippen LogP contribution in [0.3, 0.4) is 0 Å². The molecule has 0 saturated carbocycles. The van der Waals surface area contributed by atoms with Crippen molar-refractivity contribution in [2.75, 3.05) is 42.6 Å². The molecule has 2 N–H and O–H groups in total. The molecule has 1 atom stereocenters. The number of thioether (sulfide) groups is 1. The minimum absolute atomic E-state index is 0.00493. The van der Waals surface area contributed by atoms with Crippen LogP contribution in [0.2, 0.25) is 0 Å². The average Bonchev–Trinajstić information content (AvgIpc) is 3.47. The summed E-state index contributed by atoms with van der Waals surface area (Å²) in [6.45, 7) is 6.75. The second kappa shape index (κ2) is 11.4. The Bertz CT molecular complexity index is 1120. The van der Waals surface area contributed by atoms with Crippen molar-refractivity contribution in [2.24, 2.45) is 0 Å². The van der Waals surface area contributed by atoms with Crippen molar-refractivity contribution >= 4 is 35.3 Å². The molecule has 1 unspecified atom stereocenters. The monoisotopic (exact) mass is 488 g/mol. The molecule has 1 saturated heterocycles. The maximum atomic E-state index is 13.7. The Morgan fingerprint density at radius 3 is 2.85 bits per heavy atom. The second-order valence-corrected chi connectivity index (χ2v) is 8.82. The summed E-state index contributed by atoms with van der Waals surface area (Å²) in [5.74, 6) is 1.15. The highest BCUT2D eigenvalue weighted by molar-refractivity contribution is 7.99. The number of rotatable bonds is 11. The Hall–Kier alpha value is -2.99. The van der Waals surface area contributed by atoms with E-state index in [2.05, 4.69) is 30.8 Å². The van der Waals surface area contributed by atoms with Gasteiger partial charge in [-0.2, -0.15) is 9.97 Å². The van der Waals surface area contributed by atoms with Crippen LogP contribution in [0, 0.1) is 5.82 Å². The summed E-state index contributed by atoms with van der Waals surface area (Å²) in [6, 6.07) is 6.32. The van der Waals surface area contributed by atoms with E-state index >= 15 is 0 Å². The van der Waals surface area contributed by atoms with Crippen molar-refractivity contribution in [3.05, 3.63) is 35.6 Å². The van der Waals surface area contributed by atoms with Gasteiger partial charge in [-0.3, -0.25) is 4.79 Å². The van der Waals surface area contributed by atoms with Gasteiger partial charge in [-0.25, -0.2) is 8.79 Å². The van der Waals surface area contributed by atoms with Crippen molar-refractivity contribution < 1.29 is 13.9 Å². The lowest BCUT2D eigenvalue weighted by atomic mass is 10.2. The zero-order valence-electron chi connectivity index (χ0n) is 19.3. The lowest BCUT2D eigenvalue weighted by molar-refractivity contribution is -0.130. The van der Waals surface area contributed by atoms with Crippen molar-refractivity contribution in [3.8, 4) is 0 Å². The lowest BCUT2D eigenvalue weighted by Gasteiger charge is -2.25. The third-order valence-electron chi connectivity index (χ3n) is 5.30. The number of nitrogens with one attached hydrogen (secondary N) is 2. The van der Waals surface area contributed by atoms with Crippen LogP contribution < -0.4 is 10.6 Å². The van der Waals surface area contributed by atoms with E-state index in [0.29, 0.717) is 55.6 Å². The topological polar surface area (TPSA) is 110 Å². The maximum absolute atomic E-state index is 13.7. The third kappa shape index (κ3) is 5.92. The minimum atomic E-state index is -0.320. The third-order valence-corrected chi connectivity index (χ3v) is 6.22. The van der Waals surface area contributed by atoms with Crippen molar-refractivity contribution in [2.45, 2.75) is 44.5 Å². The highest BCUT2D eigenvalue weighted by atomic mass is 32.2. The van der Waals surface area contributed by atoms with E-state index < -0.39 is 0 Å². The van der Waals surface area contributed by atoms with E-state index in [1.54, 1.807) is 15.4 Å². The lowest BCUT2D eigenvalue weighted by Crippen LogP contribution is -2.38. The molecule has 1 amide bonds. The van der Waals surface area contributed by atoms with Gasteiger partial charge in [-0.1, -0.05) is 23.9 Å². The van der Waals surface area contributed by atoms with Gasteiger partial charge < -0.3 is 20.3 Å². The quantitative estimate of drug-likeness (QED) is 0.394. The summed E-state index contributed by atoms with van der Waals surface area (Å²) >= 11 is 1.27. The second-order valence-electron chi connectivity index (χ2n) is 7.88. The molecule has 3 heterocycles. The first kappa shape index (κ1) is 24.1. The van der Waals surface area contributed by atoms with Crippen LogP contribution >= 0.6 is 11.8 Å². The molecular formula is C22H29FN8O2S. The summed E-state index contributed by atoms with van der Waals surface area (Å²) in [6.07, 6.45) is 1.89. The van der Waals surface area contributed by atoms with Gasteiger partial charge in [-0.15, -0.1) is 10.2 Å². The molecule has 1 aliphatic rings. The van der Waals surface area contributed by atoms with Crippen LogP contribution in [0.5, 0.6) is 0 Å². The van der Waals surface area contributed by atoms with E-state index in [9.17, 15) is 9.18 Å². The number of fused-ring (bicyclic) bond motifs is 1. The fourth-order valence-corrected chi connectivity index (χ4v) is 4.59. The number of aromatic nitrogens is 5. The molecule has 1 aliphatic heterocycles. The molecule has 0 bridgehead atoms. The van der Waals surface area contributed by atoms with Crippen LogP contribution in [-0.2, 0) is 16.1 Å². The first-order valence-electron chi connectivity index (χ1n) is 11.4. The van der Waals surface area contributed by atoms with Crippen molar-refractivity contribution in [1.29, 1.82) is 0 Å². The van der Waals surface area contributed by atoms with E-state index in [0.717, 1.165) is 18.4 Å². The van der Waals surface area contributed by atoms with Crippen LogP contribution in [0.15, 0.2) is 29.4 Å². The van der Waals surface area contributed by atoms with Gasteiger partial charge >= 0.3 is 0 Å². The molecule has 1 aromatic carbocycles. The summed E-state index contributed by atoms with van der Waals surface area (Å²) in [5, 5.41) is 15.2. The molecule has 10 nitrogen and oxygen atoms in total. The van der Waals surface area contributed by atoms with Gasteiger partial charge in [0.1, 0.15) is 5.82 Å². The number of carbonyl (C=O) groups is 1. The molecular weight excluding hydrogens is 459 g/mol. The Morgan fingerprint density at radius 2 is 2.12 bits per heavy atom.